The monoisotopic (exact) mass is 324 g/mol. The van der Waals surface area contributed by atoms with Gasteiger partial charge in [-0.15, -0.1) is 0 Å². The lowest BCUT2D eigenvalue weighted by Crippen LogP contribution is -2.48. The third-order valence-electron chi connectivity index (χ3n) is 5.66. The summed E-state index contributed by atoms with van der Waals surface area (Å²) in [6.07, 6.45) is 5.13. The zero-order valence-electron chi connectivity index (χ0n) is 13.1. The van der Waals surface area contributed by atoms with Crippen LogP contribution in [0.3, 0.4) is 0 Å². The molecule has 0 unspecified atom stereocenters. The predicted octanol–water partition coefficient (Wildman–Crippen LogP) is 2.86. The first-order chi connectivity index (χ1) is 11.0. The summed E-state index contributed by atoms with van der Waals surface area (Å²) in [5, 5.41) is 0. The van der Waals surface area contributed by atoms with Crippen LogP contribution in [0.4, 0.5) is 8.78 Å². The molecular formula is C17H22F2N2O2. The van der Waals surface area contributed by atoms with Gasteiger partial charge in [-0.3, -0.25) is 4.79 Å². The number of halogens is 2. The fraction of sp³-hybridized carbons (Fsp3) is 0.706. The minimum Gasteiger partial charge on any atom is -0.369 e. The normalized spacial score (nSPS) is 32.0. The highest BCUT2D eigenvalue weighted by molar-refractivity contribution is 5.79. The lowest BCUT2D eigenvalue weighted by Gasteiger charge is -2.40. The van der Waals surface area contributed by atoms with Gasteiger partial charge in [0, 0.05) is 38.3 Å². The molecule has 0 aromatic carbocycles. The molecule has 23 heavy (non-hydrogen) atoms. The first-order valence-corrected chi connectivity index (χ1v) is 8.41. The third-order valence-corrected chi connectivity index (χ3v) is 5.66. The number of ether oxygens (including phenoxy) is 1. The van der Waals surface area contributed by atoms with Crippen LogP contribution in [0.2, 0.25) is 0 Å². The van der Waals surface area contributed by atoms with Crippen molar-refractivity contribution in [3.05, 3.63) is 24.5 Å². The van der Waals surface area contributed by atoms with Crippen molar-refractivity contribution >= 4 is 5.91 Å². The molecule has 4 nitrogen and oxygen atoms in total. The molecule has 3 fully saturated rings. The van der Waals surface area contributed by atoms with Gasteiger partial charge < -0.3 is 14.2 Å². The molecule has 126 valence electrons. The van der Waals surface area contributed by atoms with Gasteiger partial charge in [-0.2, -0.15) is 0 Å². The second kappa shape index (κ2) is 5.30. The van der Waals surface area contributed by atoms with Gasteiger partial charge >= 0.3 is 0 Å². The van der Waals surface area contributed by atoms with Crippen molar-refractivity contribution in [2.24, 2.45) is 5.92 Å². The van der Waals surface area contributed by atoms with Crippen LogP contribution in [0.25, 0.3) is 0 Å². The summed E-state index contributed by atoms with van der Waals surface area (Å²) in [6, 6.07) is 3.20. The Hall–Kier alpha value is -1.43. The van der Waals surface area contributed by atoms with Crippen LogP contribution in [0.1, 0.15) is 38.1 Å². The van der Waals surface area contributed by atoms with E-state index in [9.17, 15) is 13.6 Å². The molecule has 1 aromatic heterocycles. The molecule has 1 amide bonds. The maximum absolute atomic E-state index is 13.9. The Balaban J connectivity index is 1.50. The highest BCUT2D eigenvalue weighted by Gasteiger charge is 2.50. The van der Waals surface area contributed by atoms with E-state index in [1.54, 1.807) is 17.0 Å². The standard InChI is InChI=1S/C17H22F2N2O2/c18-17(19)4-3-13(14(11-17)20-7-1-2-8-20)15(22)21-9-5-16(6-10-21)12-23-16/h1-2,7-8,13-14H,3-6,9-12H2/t13-,14-/m0/s1. The van der Waals surface area contributed by atoms with Crippen molar-refractivity contribution in [3.63, 3.8) is 0 Å². The van der Waals surface area contributed by atoms with E-state index in [1.165, 1.54) is 0 Å². The van der Waals surface area contributed by atoms with Crippen LogP contribution in [0.5, 0.6) is 0 Å². The number of rotatable bonds is 2. The van der Waals surface area contributed by atoms with Gasteiger partial charge in [0.2, 0.25) is 11.8 Å². The molecule has 3 aliphatic rings. The molecule has 3 heterocycles. The number of nitrogens with zero attached hydrogens (tertiary/aromatic N) is 2. The van der Waals surface area contributed by atoms with E-state index in [4.69, 9.17) is 4.74 Å². The van der Waals surface area contributed by atoms with E-state index in [1.807, 2.05) is 17.0 Å². The average Bonchev–Trinajstić information content (AvgIpc) is 3.07. The van der Waals surface area contributed by atoms with Crippen LogP contribution in [0, 0.1) is 5.92 Å². The van der Waals surface area contributed by atoms with Gasteiger partial charge in [0.05, 0.1) is 24.2 Å². The summed E-state index contributed by atoms with van der Waals surface area (Å²) in [7, 11) is 0. The summed E-state index contributed by atoms with van der Waals surface area (Å²) in [5.74, 6) is -3.00. The molecule has 2 saturated heterocycles. The van der Waals surface area contributed by atoms with E-state index in [-0.39, 0.29) is 36.7 Å². The van der Waals surface area contributed by atoms with Crippen molar-refractivity contribution in [1.29, 1.82) is 0 Å². The highest BCUT2D eigenvalue weighted by atomic mass is 19.3. The molecule has 1 aromatic rings. The molecule has 2 atom stereocenters. The number of likely N-dealkylation sites (tertiary alicyclic amines) is 1. The molecule has 1 spiro atoms. The number of alkyl halides is 2. The first kappa shape index (κ1) is 15.1. The molecule has 4 rings (SSSR count). The predicted molar refractivity (Wildman–Crippen MR) is 80.3 cm³/mol. The number of aromatic nitrogens is 1. The van der Waals surface area contributed by atoms with Gasteiger partial charge in [0.1, 0.15) is 0 Å². The van der Waals surface area contributed by atoms with E-state index >= 15 is 0 Å². The summed E-state index contributed by atoms with van der Waals surface area (Å²) in [5.41, 5.74) is 0.0240. The second-order valence-corrected chi connectivity index (χ2v) is 7.20. The van der Waals surface area contributed by atoms with E-state index in [0.717, 1.165) is 19.4 Å². The number of carbonyl (C=O) groups excluding carboxylic acids is 1. The minimum absolute atomic E-state index is 0.0240. The molecule has 6 heteroatoms. The van der Waals surface area contributed by atoms with Crippen LogP contribution < -0.4 is 0 Å². The molecular weight excluding hydrogens is 302 g/mol. The van der Waals surface area contributed by atoms with Crippen LogP contribution in [-0.2, 0) is 9.53 Å². The van der Waals surface area contributed by atoms with Crippen molar-refractivity contribution < 1.29 is 18.3 Å². The molecule has 1 saturated carbocycles. The van der Waals surface area contributed by atoms with Crippen LogP contribution in [-0.4, -0.2) is 46.6 Å². The Labute approximate surface area is 134 Å². The van der Waals surface area contributed by atoms with Gasteiger partial charge in [-0.25, -0.2) is 8.78 Å². The highest BCUT2D eigenvalue weighted by Crippen LogP contribution is 2.44. The van der Waals surface area contributed by atoms with Gasteiger partial charge in [0.25, 0.3) is 0 Å². The summed E-state index contributed by atoms with van der Waals surface area (Å²) in [4.78, 5) is 14.8. The molecule has 1 aliphatic carbocycles. The molecule has 0 N–H and O–H groups in total. The van der Waals surface area contributed by atoms with E-state index in [0.29, 0.717) is 13.1 Å². The Morgan fingerprint density at radius 3 is 2.39 bits per heavy atom. The average molecular weight is 324 g/mol. The first-order valence-electron chi connectivity index (χ1n) is 8.41. The maximum Gasteiger partial charge on any atom is 0.250 e. The lowest BCUT2D eigenvalue weighted by molar-refractivity contribution is -0.144. The van der Waals surface area contributed by atoms with Gasteiger partial charge in [0.15, 0.2) is 0 Å². The van der Waals surface area contributed by atoms with Crippen molar-refractivity contribution in [1.82, 2.24) is 9.47 Å². The fourth-order valence-corrected chi connectivity index (χ4v) is 4.04. The number of epoxide rings is 1. The Bertz CT molecular complexity index is 573. The lowest BCUT2D eigenvalue weighted by atomic mass is 9.80. The number of hydrogen-bond acceptors (Lipinski definition) is 2. The number of amides is 1. The van der Waals surface area contributed by atoms with E-state index in [2.05, 4.69) is 0 Å². The summed E-state index contributed by atoms with van der Waals surface area (Å²) in [6.45, 7) is 2.17. The Kier molecular flexibility index (Phi) is 3.48. The zero-order chi connectivity index (χ0) is 16.1. The summed E-state index contributed by atoms with van der Waals surface area (Å²) >= 11 is 0. The Morgan fingerprint density at radius 2 is 1.78 bits per heavy atom. The number of hydrogen-bond donors (Lipinski definition) is 0. The SMILES string of the molecule is O=C([C@H]1CCC(F)(F)C[C@@H]1n1cccc1)N1CCC2(CC1)CO2. The topological polar surface area (TPSA) is 37.8 Å². The molecule has 2 aliphatic heterocycles. The van der Waals surface area contributed by atoms with Crippen LogP contribution >= 0.6 is 0 Å². The van der Waals surface area contributed by atoms with E-state index < -0.39 is 12.0 Å². The zero-order valence-corrected chi connectivity index (χ0v) is 13.1. The van der Waals surface area contributed by atoms with Crippen LogP contribution in [0.15, 0.2) is 24.5 Å². The third kappa shape index (κ3) is 2.89. The van der Waals surface area contributed by atoms with Crippen molar-refractivity contribution in [2.75, 3.05) is 19.7 Å². The Morgan fingerprint density at radius 1 is 1.13 bits per heavy atom. The van der Waals surface area contributed by atoms with Gasteiger partial charge in [-0.05, 0) is 31.4 Å². The number of piperidine rings is 1. The second-order valence-electron chi connectivity index (χ2n) is 7.20. The smallest absolute Gasteiger partial charge is 0.250 e. The quantitative estimate of drug-likeness (QED) is 0.785. The fourth-order valence-electron chi connectivity index (χ4n) is 4.04. The minimum atomic E-state index is -2.68. The molecule has 0 radical (unpaired) electrons. The summed E-state index contributed by atoms with van der Waals surface area (Å²) < 4.78 is 35.0. The van der Waals surface area contributed by atoms with Crippen molar-refractivity contribution in [2.45, 2.75) is 49.7 Å². The molecule has 0 bridgehead atoms. The largest absolute Gasteiger partial charge is 0.369 e. The van der Waals surface area contributed by atoms with Crippen molar-refractivity contribution in [3.8, 4) is 0 Å². The number of carbonyl (C=O) groups is 1. The van der Waals surface area contributed by atoms with Gasteiger partial charge in [-0.1, -0.05) is 0 Å². The maximum atomic E-state index is 13.9.